The predicted octanol–water partition coefficient (Wildman–Crippen LogP) is 1.33. The lowest BCUT2D eigenvalue weighted by Gasteiger charge is -2.22. The van der Waals surface area contributed by atoms with E-state index in [0.717, 1.165) is 12.8 Å². The monoisotopic (exact) mass is 500 g/mol. The average Bonchev–Trinajstić information content (AvgIpc) is 3.59. The van der Waals surface area contributed by atoms with Gasteiger partial charge in [-0.2, -0.15) is 5.10 Å². The number of nitrogens with two attached hydrogens (primary N) is 2. The van der Waals surface area contributed by atoms with E-state index in [-0.39, 0.29) is 47.5 Å². The fraction of sp³-hybridized carbons (Fsp3) is 0.261. The molecule has 0 atom stereocenters. The van der Waals surface area contributed by atoms with Gasteiger partial charge in [-0.3, -0.25) is 23.9 Å². The molecule has 0 aliphatic heterocycles. The van der Waals surface area contributed by atoms with Gasteiger partial charge in [0.1, 0.15) is 12.4 Å². The highest BCUT2D eigenvalue weighted by Gasteiger charge is 2.34. The van der Waals surface area contributed by atoms with Gasteiger partial charge in [-0.1, -0.05) is 23.7 Å². The summed E-state index contributed by atoms with van der Waals surface area (Å²) in [6.07, 6.45) is 1.49. The Morgan fingerprint density at radius 1 is 1.14 bits per heavy atom. The van der Waals surface area contributed by atoms with E-state index in [0.29, 0.717) is 10.9 Å². The molecular formula is C23H22ClFN6O4. The minimum absolute atomic E-state index is 0.0451. The molecule has 10 nitrogen and oxygen atoms in total. The molecule has 1 heterocycles. The summed E-state index contributed by atoms with van der Waals surface area (Å²) >= 11 is 5.77. The number of primary amides is 2. The topological polar surface area (TPSA) is 153 Å². The summed E-state index contributed by atoms with van der Waals surface area (Å²) in [4.78, 5) is 50.5. The summed E-state index contributed by atoms with van der Waals surface area (Å²) in [7, 11) is 0. The summed E-state index contributed by atoms with van der Waals surface area (Å²) in [6, 6.07) is 8.77. The molecule has 5 N–H and O–H groups in total. The Morgan fingerprint density at radius 2 is 1.89 bits per heavy atom. The Hall–Kier alpha value is -3.99. The molecule has 4 rings (SSSR count). The van der Waals surface area contributed by atoms with Crippen molar-refractivity contribution < 1.29 is 23.6 Å². The zero-order valence-corrected chi connectivity index (χ0v) is 19.2. The van der Waals surface area contributed by atoms with Gasteiger partial charge in [0.05, 0.1) is 17.1 Å². The molecule has 1 saturated carbocycles. The number of hydrogen-bond donors (Lipinski definition) is 3. The third-order valence-corrected chi connectivity index (χ3v) is 5.97. The maximum absolute atomic E-state index is 14.1. The van der Waals surface area contributed by atoms with Crippen molar-refractivity contribution in [2.45, 2.75) is 32.0 Å². The normalized spacial score (nSPS) is 13.0. The number of amides is 4. The van der Waals surface area contributed by atoms with Crippen LogP contribution in [0.25, 0.3) is 10.9 Å². The number of benzene rings is 2. The van der Waals surface area contributed by atoms with Crippen molar-refractivity contribution in [1.29, 1.82) is 0 Å². The Balaban J connectivity index is 1.49. The van der Waals surface area contributed by atoms with Crippen molar-refractivity contribution in [3.8, 4) is 0 Å². The second-order valence-electron chi connectivity index (χ2n) is 8.21. The van der Waals surface area contributed by atoms with Crippen molar-refractivity contribution in [3.63, 3.8) is 0 Å². The molecule has 0 spiro atoms. The van der Waals surface area contributed by atoms with E-state index in [1.807, 2.05) is 0 Å². The molecule has 35 heavy (non-hydrogen) atoms. The van der Waals surface area contributed by atoms with E-state index in [2.05, 4.69) is 10.4 Å². The van der Waals surface area contributed by atoms with Gasteiger partial charge in [-0.05, 0) is 37.1 Å². The molecule has 1 aliphatic rings. The highest BCUT2D eigenvalue weighted by Crippen LogP contribution is 2.28. The SMILES string of the molecule is NC(=O)c1ccc2c(c1)c(C(N)=O)nn2CC(=O)N(CC(=O)NCc1cccc(Cl)c1F)C1CC1. The zero-order chi connectivity index (χ0) is 25.3. The van der Waals surface area contributed by atoms with Crippen molar-refractivity contribution in [2.75, 3.05) is 6.54 Å². The van der Waals surface area contributed by atoms with E-state index in [1.54, 1.807) is 6.07 Å². The second-order valence-corrected chi connectivity index (χ2v) is 8.62. The molecule has 0 radical (unpaired) electrons. The van der Waals surface area contributed by atoms with Crippen LogP contribution in [0.3, 0.4) is 0 Å². The third-order valence-electron chi connectivity index (χ3n) is 5.68. The van der Waals surface area contributed by atoms with Gasteiger partial charge in [0.2, 0.25) is 17.7 Å². The molecule has 0 bridgehead atoms. The van der Waals surface area contributed by atoms with Crippen LogP contribution in [0.1, 0.15) is 39.3 Å². The summed E-state index contributed by atoms with van der Waals surface area (Å²) in [5.74, 6) is -2.97. The lowest BCUT2D eigenvalue weighted by Crippen LogP contribution is -2.43. The molecule has 2 aromatic carbocycles. The van der Waals surface area contributed by atoms with Crippen LogP contribution >= 0.6 is 11.6 Å². The number of nitrogens with zero attached hydrogens (tertiary/aromatic N) is 3. The number of nitrogens with one attached hydrogen (secondary N) is 1. The smallest absolute Gasteiger partial charge is 0.269 e. The quantitative estimate of drug-likeness (QED) is 0.404. The predicted molar refractivity (Wildman–Crippen MR) is 125 cm³/mol. The van der Waals surface area contributed by atoms with Crippen LogP contribution < -0.4 is 16.8 Å². The molecule has 182 valence electrons. The Kier molecular flexibility index (Phi) is 6.70. The largest absolute Gasteiger partial charge is 0.366 e. The third kappa shape index (κ3) is 5.24. The van der Waals surface area contributed by atoms with E-state index < -0.39 is 29.4 Å². The standard InChI is InChI=1S/C23H22ClFN6O4/c24-16-3-1-2-13(20(16)25)9-28-18(32)10-30(14-5-6-14)19(33)11-31-17-7-4-12(22(26)34)8-15(17)21(29-31)23(27)35/h1-4,7-8,14H,5-6,9-11H2,(H2,26,34)(H2,27,35)(H,28,32). The fourth-order valence-corrected chi connectivity index (χ4v) is 3.94. The van der Waals surface area contributed by atoms with Gasteiger partial charge >= 0.3 is 0 Å². The van der Waals surface area contributed by atoms with Crippen LogP contribution in [0.4, 0.5) is 4.39 Å². The molecule has 0 unspecified atom stereocenters. The summed E-state index contributed by atoms with van der Waals surface area (Å²) in [5, 5.41) is 7.01. The maximum Gasteiger partial charge on any atom is 0.269 e. The van der Waals surface area contributed by atoms with E-state index in [1.165, 1.54) is 39.9 Å². The van der Waals surface area contributed by atoms with Crippen LogP contribution in [0, 0.1) is 5.82 Å². The highest BCUT2D eigenvalue weighted by atomic mass is 35.5. The summed E-state index contributed by atoms with van der Waals surface area (Å²) in [5.41, 5.74) is 11.4. The molecule has 4 amide bonds. The Bertz CT molecular complexity index is 1350. The number of rotatable bonds is 9. The highest BCUT2D eigenvalue weighted by molar-refractivity contribution is 6.30. The fourth-order valence-electron chi connectivity index (χ4n) is 3.75. The zero-order valence-electron chi connectivity index (χ0n) is 18.5. The first-order chi connectivity index (χ1) is 16.7. The first-order valence-corrected chi connectivity index (χ1v) is 11.1. The first-order valence-electron chi connectivity index (χ1n) is 10.7. The maximum atomic E-state index is 14.1. The first kappa shape index (κ1) is 24.1. The molecule has 1 fully saturated rings. The van der Waals surface area contributed by atoms with Crippen molar-refractivity contribution in [3.05, 3.63) is 64.1 Å². The molecule has 12 heteroatoms. The molecule has 1 aliphatic carbocycles. The molecule has 3 aromatic rings. The lowest BCUT2D eigenvalue weighted by atomic mass is 10.1. The Morgan fingerprint density at radius 3 is 2.54 bits per heavy atom. The lowest BCUT2D eigenvalue weighted by molar-refractivity contribution is -0.137. The number of fused-ring (bicyclic) bond motifs is 1. The van der Waals surface area contributed by atoms with Gasteiger partial charge in [0.15, 0.2) is 5.69 Å². The van der Waals surface area contributed by atoms with Crippen LogP contribution in [0.5, 0.6) is 0 Å². The summed E-state index contributed by atoms with van der Waals surface area (Å²) in [6.45, 7) is -0.558. The van der Waals surface area contributed by atoms with Crippen molar-refractivity contribution >= 4 is 46.1 Å². The van der Waals surface area contributed by atoms with Crippen LogP contribution in [0.15, 0.2) is 36.4 Å². The number of carbonyl (C=O) groups is 4. The van der Waals surface area contributed by atoms with E-state index >= 15 is 0 Å². The van der Waals surface area contributed by atoms with Crippen molar-refractivity contribution in [1.82, 2.24) is 20.0 Å². The Labute approximate surface area is 204 Å². The molecule has 0 saturated heterocycles. The van der Waals surface area contributed by atoms with Gasteiger partial charge in [0.25, 0.3) is 5.91 Å². The number of hydrogen-bond acceptors (Lipinski definition) is 5. The van der Waals surface area contributed by atoms with Crippen LogP contribution in [-0.4, -0.2) is 50.9 Å². The van der Waals surface area contributed by atoms with Crippen molar-refractivity contribution in [2.24, 2.45) is 11.5 Å². The average molecular weight is 501 g/mol. The van der Waals surface area contributed by atoms with Crippen LogP contribution in [0.2, 0.25) is 5.02 Å². The number of aromatic nitrogens is 2. The van der Waals surface area contributed by atoms with Gasteiger partial charge < -0.3 is 21.7 Å². The van der Waals surface area contributed by atoms with Gasteiger partial charge in [-0.15, -0.1) is 0 Å². The van der Waals surface area contributed by atoms with E-state index in [4.69, 9.17) is 23.1 Å². The summed E-state index contributed by atoms with van der Waals surface area (Å²) < 4.78 is 15.4. The van der Waals surface area contributed by atoms with Gasteiger partial charge in [0, 0.05) is 29.1 Å². The molecule has 1 aromatic heterocycles. The van der Waals surface area contributed by atoms with Crippen LogP contribution in [-0.2, 0) is 22.7 Å². The number of carbonyl (C=O) groups excluding carboxylic acids is 4. The molecular weight excluding hydrogens is 479 g/mol. The van der Waals surface area contributed by atoms with E-state index in [9.17, 15) is 23.6 Å². The minimum Gasteiger partial charge on any atom is -0.366 e. The number of halogens is 2. The second kappa shape index (κ2) is 9.71. The minimum atomic E-state index is -0.825. The van der Waals surface area contributed by atoms with Gasteiger partial charge in [-0.25, -0.2) is 4.39 Å².